The maximum absolute atomic E-state index is 13.1. The summed E-state index contributed by atoms with van der Waals surface area (Å²) in [6.45, 7) is 6.11. The Morgan fingerprint density at radius 2 is 1.96 bits per heavy atom. The zero-order valence-corrected chi connectivity index (χ0v) is 15.1. The van der Waals surface area contributed by atoms with Gasteiger partial charge < -0.3 is 10.1 Å². The van der Waals surface area contributed by atoms with E-state index in [9.17, 15) is 9.59 Å². The summed E-state index contributed by atoms with van der Waals surface area (Å²) in [7, 11) is 0. The fraction of sp³-hybridized carbons (Fsp3) is 0.400. The van der Waals surface area contributed by atoms with Crippen molar-refractivity contribution in [3.63, 3.8) is 0 Å². The summed E-state index contributed by atoms with van der Waals surface area (Å²) >= 11 is 0. The summed E-state index contributed by atoms with van der Waals surface area (Å²) in [5, 5.41) is 5.05. The molecule has 2 saturated heterocycles. The lowest BCUT2D eigenvalue weighted by Crippen LogP contribution is -2.49. The number of rotatable bonds is 3. The summed E-state index contributed by atoms with van der Waals surface area (Å²) < 4.78 is 5.53. The fourth-order valence-corrected chi connectivity index (χ4v) is 3.74. The molecule has 2 aliphatic rings. The van der Waals surface area contributed by atoms with Crippen molar-refractivity contribution in [2.75, 3.05) is 26.4 Å². The molecule has 0 radical (unpaired) electrons. The smallest absolute Gasteiger partial charge is 0.326 e. The van der Waals surface area contributed by atoms with E-state index in [1.165, 1.54) is 4.90 Å². The van der Waals surface area contributed by atoms with Crippen LogP contribution in [0.3, 0.4) is 0 Å². The molecular weight excluding hydrogens is 330 g/mol. The number of hydrogen-bond acceptors (Lipinski definition) is 4. The molecule has 2 fully saturated rings. The summed E-state index contributed by atoms with van der Waals surface area (Å²) in [4.78, 5) is 29.0. The van der Waals surface area contributed by atoms with Crippen LogP contribution in [0.4, 0.5) is 4.79 Å². The Balaban J connectivity index is 1.60. The van der Waals surface area contributed by atoms with Crippen LogP contribution in [-0.4, -0.2) is 54.2 Å². The molecule has 0 spiro atoms. The first-order chi connectivity index (χ1) is 12.5. The molecule has 3 amide bonds. The number of benzene rings is 2. The number of imide groups is 1. The van der Waals surface area contributed by atoms with E-state index in [1.807, 2.05) is 49.4 Å². The Bertz CT molecular complexity index is 868. The summed E-state index contributed by atoms with van der Waals surface area (Å²) in [6, 6.07) is 13.5. The topological polar surface area (TPSA) is 61.9 Å². The number of nitrogens with zero attached hydrogens (tertiary/aromatic N) is 2. The van der Waals surface area contributed by atoms with Gasteiger partial charge >= 0.3 is 6.03 Å². The minimum Gasteiger partial charge on any atom is -0.376 e. The third kappa shape index (κ3) is 2.85. The first-order valence-corrected chi connectivity index (χ1v) is 8.95. The van der Waals surface area contributed by atoms with E-state index in [4.69, 9.17) is 4.74 Å². The molecule has 2 heterocycles. The van der Waals surface area contributed by atoms with Crippen molar-refractivity contribution in [1.82, 2.24) is 15.1 Å². The number of fused-ring (bicyclic) bond motifs is 1. The molecule has 2 aromatic carbocycles. The molecule has 26 heavy (non-hydrogen) atoms. The van der Waals surface area contributed by atoms with E-state index >= 15 is 0 Å². The average molecular weight is 353 g/mol. The molecule has 2 aromatic rings. The van der Waals surface area contributed by atoms with Crippen LogP contribution >= 0.6 is 0 Å². The third-order valence-corrected chi connectivity index (χ3v) is 5.27. The van der Waals surface area contributed by atoms with E-state index in [1.54, 1.807) is 6.92 Å². The molecular formula is C20H23N3O3. The molecule has 2 atom stereocenters. The predicted octanol–water partition coefficient (Wildman–Crippen LogP) is 2.29. The summed E-state index contributed by atoms with van der Waals surface area (Å²) in [5.41, 5.74) is -0.244. The molecule has 0 saturated carbocycles. The molecule has 0 bridgehead atoms. The molecule has 0 unspecified atom stereocenters. The number of ether oxygens (including phenoxy) is 1. The van der Waals surface area contributed by atoms with E-state index in [0.29, 0.717) is 26.4 Å². The Morgan fingerprint density at radius 3 is 2.73 bits per heavy atom. The molecule has 0 aromatic heterocycles. The number of morpholine rings is 1. The SMILES string of the molecule is C[C@@H]1CN(CN2C(=O)N[C@@](C)(c3ccc4ccccc4c3)C2=O)CCO1. The Kier molecular flexibility index (Phi) is 4.17. The number of amides is 3. The zero-order valence-electron chi connectivity index (χ0n) is 15.1. The molecule has 6 heteroatoms. The van der Waals surface area contributed by atoms with Gasteiger partial charge in [0, 0.05) is 13.1 Å². The largest absolute Gasteiger partial charge is 0.376 e. The number of carbonyl (C=O) groups excluding carboxylic acids is 2. The molecule has 1 N–H and O–H groups in total. The minimum absolute atomic E-state index is 0.108. The zero-order chi connectivity index (χ0) is 18.3. The highest BCUT2D eigenvalue weighted by Gasteiger charge is 2.49. The minimum atomic E-state index is -1.04. The molecule has 136 valence electrons. The van der Waals surface area contributed by atoms with Crippen LogP contribution in [0.15, 0.2) is 42.5 Å². The van der Waals surface area contributed by atoms with Gasteiger partial charge in [0.1, 0.15) is 5.54 Å². The summed E-state index contributed by atoms with van der Waals surface area (Å²) in [6.07, 6.45) is 0.108. The van der Waals surface area contributed by atoms with Crippen molar-refractivity contribution in [2.45, 2.75) is 25.5 Å². The highest BCUT2D eigenvalue weighted by Crippen LogP contribution is 2.31. The predicted molar refractivity (Wildman–Crippen MR) is 98.5 cm³/mol. The Morgan fingerprint density at radius 1 is 1.19 bits per heavy atom. The van der Waals surface area contributed by atoms with Crippen LogP contribution in [0.2, 0.25) is 0 Å². The van der Waals surface area contributed by atoms with Gasteiger partial charge in [-0.05, 0) is 36.2 Å². The highest BCUT2D eigenvalue weighted by molar-refractivity contribution is 6.07. The van der Waals surface area contributed by atoms with Crippen molar-refractivity contribution >= 4 is 22.7 Å². The lowest BCUT2D eigenvalue weighted by Gasteiger charge is -2.33. The van der Waals surface area contributed by atoms with Crippen LogP contribution < -0.4 is 5.32 Å². The number of nitrogens with one attached hydrogen (secondary N) is 1. The fourth-order valence-electron chi connectivity index (χ4n) is 3.74. The first kappa shape index (κ1) is 17.0. The van der Waals surface area contributed by atoms with E-state index in [-0.39, 0.29) is 18.0 Å². The van der Waals surface area contributed by atoms with Crippen molar-refractivity contribution in [1.29, 1.82) is 0 Å². The van der Waals surface area contributed by atoms with Gasteiger partial charge in [-0.15, -0.1) is 0 Å². The van der Waals surface area contributed by atoms with Gasteiger partial charge in [0.25, 0.3) is 5.91 Å². The van der Waals surface area contributed by atoms with Gasteiger partial charge in [-0.2, -0.15) is 0 Å². The maximum atomic E-state index is 13.1. The van der Waals surface area contributed by atoms with Crippen molar-refractivity contribution in [3.8, 4) is 0 Å². The van der Waals surface area contributed by atoms with E-state index < -0.39 is 5.54 Å². The molecule has 2 aliphatic heterocycles. The second-order valence-corrected chi connectivity index (χ2v) is 7.25. The van der Waals surface area contributed by atoms with Gasteiger partial charge in [-0.25, -0.2) is 9.69 Å². The van der Waals surface area contributed by atoms with Gasteiger partial charge in [0.05, 0.1) is 19.4 Å². The van der Waals surface area contributed by atoms with Crippen LogP contribution in [-0.2, 0) is 15.1 Å². The quantitative estimate of drug-likeness (QED) is 0.860. The lowest BCUT2D eigenvalue weighted by molar-refractivity contribution is -0.133. The van der Waals surface area contributed by atoms with Crippen LogP contribution in [0, 0.1) is 0 Å². The standard InChI is InChI=1S/C20H23N3O3/c1-14-12-22(9-10-26-14)13-23-18(24)20(2,21-19(23)25)17-8-7-15-5-3-4-6-16(15)11-17/h3-8,11,14H,9-10,12-13H2,1-2H3,(H,21,25)/t14-,20+/m1/s1. The van der Waals surface area contributed by atoms with Crippen molar-refractivity contribution < 1.29 is 14.3 Å². The maximum Gasteiger partial charge on any atom is 0.326 e. The molecule has 0 aliphatic carbocycles. The highest BCUT2D eigenvalue weighted by atomic mass is 16.5. The second-order valence-electron chi connectivity index (χ2n) is 7.25. The van der Waals surface area contributed by atoms with Crippen LogP contribution in [0.1, 0.15) is 19.4 Å². The number of urea groups is 1. The van der Waals surface area contributed by atoms with Crippen LogP contribution in [0.25, 0.3) is 10.8 Å². The van der Waals surface area contributed by atoms with Crippen LogP contribution in [0.5, 0.6) is 0 Å². The molecule has 6 nitrogen and oxygen atoms in total. The Hall–Kier alpha value is -2.44. The first-order valence-electron chi connectivity index (χ1n) is 8.95. The molecule has 4 rings (SSSR count). The second kappa shape index (κ2) is 6.37. The van der Waals surface area contributed by atoms with Gasteiger partial charge in [0.2, 0.25) is 0 Å². The lowest BCUT2D eigenvalue weighted by atomic mass is 9.90. The monoisotopic (exact) mass is 353 g/mol. The van der Waals surface area contributed by atoms with Gasteiger partial charge in [-0.1, -0.05) is 36.4 Å². The number of carbonyl (C=O) groups is 2. The average Bonchev–Trinajstić information content (AvgIpc) is 2.85. The van der Waals surface area contributed by atoms with E-state index in [0.717, 1.165) is 16.3 Å². The summed E-state index contributed by atoms with van der Waals surface area (Å²) in [5.74, 6) is -0.211. The van der Waals surface area contributed by atoms with E-state index in [2.05, 4.69) is 10.2 Å². The third-order valence-electron chi connectivity index (χ3n) is 5.27. The Labute approximate surface area is 152 Å². The van der Waals surface area contributed by atoms with Crippen molar-refractivity contribution in [2.24, 2.45) is 0 Å². The normalized spacial score (nSPS) is 27.2. The van der Waals surface area contributed by atoms with Crippen molar-refractivity contribution in [3.05, 3.63) is 48.0 Å². The number of hydrogen-bond donors (Lipinski definition) is 1. The van der Waals surface area contributed by atoms with Gasteiger partial charge in [-0.3, -0.25) is 9.69 Å². The van der Waals surface area contributed by atoms with Gasteiger partial charge in [0.15, 0.2) is 0 Å².